The number of pyridine rings is 1. The maximum atomic E-state index is 12.1. The van der Waals surface area contributed by atoms with Crippen LogP contribution in [0.3, 0.4) is 0 Å². The highest BCUT2D eigenvalue weighted by atomic mass is 35.5. The molecule has 0 amide bonds. The van der Waals surface area contributed by atoms with Gasteiger partial charge in [-0.25, -0.2) is 13.1 Å². The molecule has 0 spiro atoms. The molecular weight excluding hydrogens is 298 g/mol. The Morgan fingerprint density at radius 3 is 2.55 bits per heavy atom. The highest BCUT2D eigenvalue weighted by molar-refractivity contribution is 7.89. The lowest BCUT2D eigenvalue weighted by atomic mass is 10.2. The van der Waals surface area contributed by atoms with Gasteiger partial charge in [-0.1, -0.05) is 11.6 Å². The standard InChI is InChI=1S/C13H14ClN3O2S/c14-12-2-1-11(9-13(12)15)20(18,19)17-8-5-10-3-6-16-7-4-10/h1-4,6-7,9,17H,5,8,15H2. The fourth-order valence-electron chi connectivity index (χ4n) is 1.65. The summed E-state index contributed by atoms with van der Waals surface area (Å²) in [5.41, 5.74) is 6.86. The van der Waals surface area contributed by atoms with E-state index in [-0.39, 0.29) is 10.6 Å². The van der Waals surface area contributed by atoms with Gasteiger partial charge in [0.25, 0.3) is 0 Å². The molecule has 1 heterocycles. The quantitative estimate of drug-likeness (QED) is 0.825. The second-order valence-electron chi connectivity index (χ2n) is 4.19. The molecule has 1 aromatic carbocycles. The van der Waals surface area contributed by atoms with Crippen LogP contribution in [0.2, 0.25) is 5.02 Å². The summed E-state index contributed by atoms with van der Waals surface area (Å²) in [6.07, 6.45) is 3.93. The Hall–Kier alpha value is -1.63. The Kier molecular flexibility index (Phi) is 4.59. The van der Waals surface area contributed by atoms with Gasteiger partial charge in [-0.05, 0) is 42.3 Å². The Bertz CT molecular complexity index is 690. The van der Waals surface area contributed by atoms with Gasteiger partial charge in [-0.15, -0.1) is 0 Å². The predicted octanol–water partition coefficient (Wildman–Crippen LogP) is 1.84. The van der Waals surface area contributed by atoms with Crippen LogP contribution in [0, 0.1) is 0 Å². The van der Waals surface area contributed by atoms with Crippen LogP contribution in [0.4, 0.5) is 5.69 Å². The molecule has 0 atom stereocenters. The Balaban J connectivity index is 2.02. The van der Waals surface area contributed by atoms with Crippen LogP contribution in [0.1, 0.15) is 5.56 Å². The van der Waals surface area contributed by atoms with Gasteiger partial charge in [0.1, 0.15) is 0 Å². The topological polar surface area (TPSA) is 85.1 Å². The number of sulfonamides is 1. The molecular formula is C13H14ClN3O2S. The first-order valence-corrected chi connectivity index (χ1v) is 7.79. The first-order valence-electron chi connectivity index (χ1n) is 5.92. The van der Waals surface area contributed by atoms with E-state index in [1.165, 1.54) is 18.2 Å². The third-order valence-corrected chi connectivity index (χ3v) is 4.54. The van der Waals surface area contributed by atoms with Gasteiger partial charge in [-0.3, -0.25) is 4.98 Å². The van der Waals surface area contributed by atoms with E-state index in [1.54, 1.807) is 12.4 Å². The minimum Gasteiger partial charge on any atom is -0.397 e. The highest BCUT2D eigenvalue weighted by Crippen LogP contribution is 2.21. The van der Waals surface area contributed by atoms with Crippen molar-refractivity contribution in [1.82, 2.24) is 9.71 Å². The first-order chi connectivity index (χ1) is 9.49. The Morgan fingerprint density at radius 2 is 1.90 bits per heavy atom. The summed E-state index contributed by atoms with van der Waals surface area (Å²) in [5.74, 6) is 0. The van der Waals surface area contributed by atoms with Crippen LogP contribution in [0.25, 0.3) is 0 Å². The summed E-state index contributed by atoms with van der Waals surface area (Å²) >= 11 is 5.77. The van der Waals surface area contributed by atoms with Crippen LogP contribution in [-0.4, -0.2) is 19.9 Å². The lowest BCUT2D eigenvalue weighted by Gasteiger charge is -2.08. The molecule has 2 aromatic rings. The molecule has 0 aliphatic carbocycles. The number of nitrogens with one attached hydrogen (secondary N) is 1. The number of hydrogen-bond acceptors (Lipinski definition) is 4. The van der Waals surface area contributed by atoms with Crippen molar-refractivity contribution in [3.63, 3.8) is 0 Å². The number of hydrogen-bond donors (Lipinski definition) is 2. The molecule has 2 rings (SSSR count). The number of aromatic nitrogens is 1. The zero-order valence-corrected chi connectivity index (χ0v) is 12.2. The summed E-state index contributed by atoms with van der Waals surface area (Å²) in [4.78, 5) is 4.01. The van der Waals surface area contributed by atoms with E-state index in [9.17, 15) is 8.42 Å². The van der Waals surface area contributed by atoms with Gasteiger partial charge in [0, 0.05) is 18.9 Å². The molecule has 1 aromatic heterocycles. The molecule has 3 N–H and O–H groups in total. The van der Waals surface area contributed by atoms with Crippen molar-refractivity contribution in [1.29, 1.82) is 0 Å². The molecule has 20 heavy (non-hydrogen) atoms. The molecule has 0 aliphatic heterocycles. The van der Waals surface area contributed by atoms with Crippen molar-refractivity contribution in [3.05, 3.63) is 53.3 Å². The molecule has 0 radical (unpaired) electrons. The van der Waals surface area contributed by atoms with E-state index >= 15 is 0 Å². The Morgan fingerprint density at radius 1 is 1.20 bits per heavy atom. The number of nitrogens with two attached hydrogens (primary N) is 1. The van der Waals surface area contributed by atoms with Gasteiger partial charge in [-0.2, -0.15) is 0 Å². The summed E-state index contributed by atoms with van der Waals surface area (Å²) in [7, 11) is -3.57. The van der Waals surface area contributed by atoms with E-state index in [4.69, 9.17) is 17.3 Å². The van der Waals surface area contributed by atoms with Crippen molar-refractivity contribution in [2.75, 3.05) is 12.3 Å². The van der Waals surface area contributed by atoms with E-state index in [0.717, 1.165) is 5.56 Å². The second-order valence-corrected chi connectivity index (χ2v) is 6.36. The molecule has 0 saturated carbocycles. The number of benzene rings is 1. The average molecular weight is 312 g/mol. The summed E-state index contributed by atoms with van der Waals surface area (Å²) < 4.78 is 26.7. The Labute approximate surface area is 122 Å². The smallest absolute Gasteiger partial charge is 0.240 e. The van der Waals surface area contributed by atoms with Crippen LogP contribution in [0.15, 0.2) is 47.6 Å². The lowest BCUT2D eigenvalue weighted by molar-refractivity contribution is 0.581. The molecule has 0 fully saturated rings. The fraction of sp³-hybridized carbons (Fsp3) is 0.154. The molecule has 0 aliphatic rings. The van der Waals surface area contributed by atoms with Crippen LogP contribution in [-0.2, 0) is 16.4 Å². The third kappa shape index (κ3) is 3.69. The number of nitrogens with zero attached hydrogens (tertiary/aromatic N) is 1. The number of nitrogen functional groups attached to an aromatic ring is 1. The monoisotopic (exact) mass is 311 g/mol. The van der Waals surface area contributed by atoms with Gasteiger partial charge in [0.05, 0.1) is 15.6 Å². The van der Waals surface area contributed by atoms with E-state index in [1.807, 2.05) is 12.1 Å². The van der Waals surface area contributed by atoms with Gasteiger partial charge in [0.15, 0.2) is 0 Å². The van der Waals surface area contributed by atoms with E-state index < -0.39 is 10.0 Å². The van der Waals surface area contributed by atoms with Crippen molar-refractivity contribution < 1.29 is 8.42 Å². The molecule has 106 valence electrons. The van der Waals surface area contributed by atoms with E-state index in [2.05, 4.69) is 9.71 Å². The molecule has 0 bridgehead atoms. The molecule has 7 heteroatoms. The van der Waals surface area contributed by atoms with Gasteiger partial charge in [0.2, 0.25) is 10.0 Å². The predicted molar refractivity (Wildman–Crippen MR) is 79.0 cm³/mol. The summed E-state index contributed by atoms with van der Waals surface area (Å²) in [6.45, 7) is 0.300. The fourth-order valence-corrected chi connectivity index (χ4v) is 2.84. The summed E-state index contributed by atoms with van der Waals surface area (Å²) in [6, 6.07) is 7.92. The molecule has 5 nitrogen and oxygen atoms in total. The number of rotatable bonds is 5. The molecule has 0 unspecified atom stereocenters. The van der Waals surface area contributed by atoms with Gasteiger partial charge >= 0.3 is 0 Å². The minimum absolute atomic E-state index is 0.106. The number of anilines is 1. The zero-order valence-electron chi connectivity index (χ0n) is 10.6. The van der Waals surface area contributed by atoms with Crippen LogP contribution >= 0.6 is 11.6 Å². The van der Waals surface area contributed by atoms with Crippen molar-refractivity contribution in [3.8, 4) is 0 Å². The van der Waals surface area contributed by atoms with Crippen LogP contribution < -0.4 is 10.5 Å². The first kappa shape index (κ1) is 14.8. The SMILES string of the molecule is Nc1cc(S(=O)(=O)NCCc2ccncc2)ccc1Cl. The van der Waals surface area contributed by atoms with E-state index in [0.29, 0.717) is 18.0 Å². The van der Waals surface area contributed by atoms with Crippen molar-refractivity contribution >= 4 is 27.3 Å². The maximum absolute atomic E-state index is 12.1. The number of halogens is 1. The largest absolute Gasteiger partial charge is 0.397 e. The average Bonchev–Trinajstić information content (AvgIpc) is 2.43. The third-order valence-electron chi connectivity index (χ3n) is 2.73. The lowest BCUT2D eigenvalue weighted by Crippen LogP contribution is -2.26. The van der Waals surface area contributed by atoms with Crippen molar-refractivity contribution in [2.45, 2.75) is 11.3 Å². The van der Waals surface area contributed by atoms with Crippen molar-refractivity contribution in [2.24, 2.45) is 0 Å². The van der Waals surface area contributed by atoms with Crippen LogP contribution in [0.5, 0.6) is 0 Å². The zero-order chi connectivity index (χ0) is 14.6. The normalized spacial score (nSPS) is 11.4. The van der Waals surface area contributed by atoms with Gasteiger partial charge < -0.3 is 5.73 Å². The second kappa shape index (κ2) is 6.21. The summed E-state index contributed by atoms with van der Waals surface area (Å²) in [5, 5.41) is 0.334. The minimum atomic E-state index is -3.57. The maximum Gasteiger partial charge on any atom is 0.240 e. The highest BCUT2D eigenvalue weighted by Gasteiger charge is 2.14. The molecule has 0 saturated heterocycles.